The molecule has 0 heterocycles. The molecule has 0 amide bonds. The third-order valence-corrected chi connectivity index (χ3v) is 2.47. The van der Waals surface area contributed by atoms with Gasteiger partial charge in [0.2, 0.25) is 0 Å². The van der Waals surface area contributed by atoms with Crippen molar-refractivity contribution >= 4 is 0 Å². The molecular weight excluding hydrogens is 180 g/mol. The molecule has 15 heavy (non-hydrogen) atoms. The van der Waals surface area contributed by atoms with Gasteiger partial charge >= 0.3 is 0 Å². The SMILES string of the molecule is C=C(/C=C\C=C/C)[C@H](C)c1ccccc1. The molecule has 1 rings (SSSR count). The monoisotopic (exact) mass is 198 g/mol. The zero-order valence-electron chi connectivity index (χ0n) is 9.48. The van der Waals surface area contributed by atoms with E-state index in [9.17, 15) is 0 Å². The first-order chi connectivity index (χ1) is 7.25. The fourth-order valence-electron chi connectivity index (χ4n) is 1.39. The summed E-state index contributed by atoms with van der Waals surface area (Å²) in [6.45, 7) is 8.27. The Bertz CT molecular complexity index is 355. The second kappa shape index (κ2) is 6.02. The summed E-state index contributed by atoms with van der Waals surface area (Å²) in [6, 6.07) is 10.4. The van der Waals surface area contributed by atoms with Gasteiger partial charge in [0.1, 0.15) is 0 Å². The highest BCUT2D eigenvalue weighted by atomic mass is 14.1. The molecule has 0 saturated carbocycles. The summed E-state index contributed by atoms with van der Waals surface area (Å²) >= 11 is 0. The Kier molecular flexibility index (Phi) is 4.62. The second-order valence-corrected chi connectivity index (χ2v) is 3.59. The third-order valence-electron chi connectivity index (χ3n) is 2.47. The van der Waals surface area contributed by atoms with Gasteiger partial charge in [0.15, 0.2) is 0 Å². The van der Waals surface area contributed by atoms with Crippen LogP contribution in [0.15, 0.2) is 66.8 Å². The van der Waals surface area contributed by atoms with Crippen molar-refractivity contribution in [3.63, 3.8) is 0 Å². The summed E-state index contributed by atoms with van der Waals surface area (Å²) in [5.74, 6) is 0.382. The van der Waals surface area contributed by atoms with Gasteiger partial charge in [0.05, 0.1) is 0 Å². The standard InChI is InChI=1S/C15H18/c1-4-5-7-10-13(2)14(3)15-11-8-6-9-12-15/h4-12,14H,2H2,1,3H3/b5-4-,10-7-/t14-/m0/s1. The molecule has 0 aliphatic carbocycles. The average molecular weight is 198 g/mol. The highest BCUT2D eigenvalue weighted by Crippen LogP contribution is 2.22. The molecule has 0 aliphatic heterocycles. The Balaban J connectivity index is 2.69. The number of hydrogen-bond acceptors (Lipinski definition) is 0. The predicted molar refractivity (Wildman–Crippen MR) is 68.0 cm³/mol. The molecular formula is C15H18. The molecule has 1 aromatic rings. The van der Waals surface area contributed by atoms with Gasteiger partial charge in [0, 0.05) is 5.92 Å². The Morgan fingerprint density at radius 1 is 1.20 bits per heavy atom. The number of hydrogen-bond donors (Lipinski definition) is 0. The molecule has 0 aliphatic rings. The van der Waals surface area contributed by atoms with Crippen LogP contribution in [0.5, 0.6) is 0 Å². The van der Waals surface area contributed by atoms with Crippen molar-refractivity contribution in [1.29, 1.82) is 0 Å². The van der Waals surface area contributed by atoms with Crippen molar-refractivity contribution in [2.45, 2.75) is 19.8 Å². The van der Waals surface area contributed by atoms with Gasteiger partial charge in [-0.1, -0.05) is 68.1 Å². The van der Waals surface area contributed by atoms with Crippen LogP contribution in [-0.4, -0.2) is 0 Å². The fraction of sp³-hybridized carbons (Fsp3) is 0.200. The number of allylic oxidation sites excluding steroid dienone is 5. The molecule has 1 aromatic carbocycles. The summed E-state index contributed by atoms with van der Waals surface area (Å²) in [4.78, 5) is 0. The molecule has 78 valence electrons. The highest BCUT2D eigenvalue weighted by Gasteiger charge is 2.05. The summed E-state index contributed by atoms with van der Waals surface area (Å²) in [5, 5.41) is 0. The van der Waals surface area contributed by atoms with Crippen molar-refractivity contribution in [2.75, 3.05) is 0 Å². The second-order valence-electron chi connectivity index (χ2n) is 3.59. The van der Waals surface area contributed by atoms with Crippen LogP contribution in [0.4, 0.5) is 0 Å². The molecule has 0 bridgehead atoms. The van der Waals surface area contributed by atoms with Gasteiger partial charge < -0.3 is 0 Å². The minimum Gasteiger partial charge on any atom is -0.0952 e. The Hall–Kier alpha value is -1.56. The van der Waals surface area contributed by atoms with Crippen LogP contribution in [0.3, 0.4) is 0 Å². The first kappa shape index (κ1) is 11.5. The first-order valence-electron chi connectivity index (χ1n) is 5.28. The number of benzene rings is 1. The lowest BCUT2D eigenvalue weighted by Crippen LogP contribution is -1.93. The highest BCUT2D eigenvalue weighted by molar-refractivity contribution is 5.33. The topological polar surface area (TPSA) is 0 Å². The van der Waals surface area contributed by atoms with Crippen LogP contribution in [0.25, 0.3) is 0 Å². The quantitative estimate of drug-likeness (QED) is 0.626. The number of rotatable bonds is 4. The smallest absolute Gasteiger partial charge is 0.00551 e. The molecule has 0 spiro atoms. The fourth-order valence-corrected chi connectivity index (χ4v) is 1.39. The van der Waals surface area contributed by atoms with E-state index in [0.717, 1.165) is 5.57 Å². The van der Waals surface area contributed by atoms with E-state index in [0.29, 0.717) is 5.92 Å². The molecule has 0 fully saturated rings. The van der Waals surface area contributed by atoms with E-state index in [1.807, 2.05) is 31.2 Å². The molecule has 0 heteroatoms. The van der Waals surface area contributed by atoms with Crippen molar-refractivity contribution < 1.29 is 0 Å². The minimum absolute atomic E-state index is 0.382. The van der Waals surface area contributed by atoms with E-state index < -0.39 is 0 Å². The molecule has 1 atom stereocenters. The maximum atomic E-state index is 4.08. The molecule has 0 saturated heterocycles. The van der Waals surface area contributed by atoms with E-state index in [4.69, 9.17) is 0 Å². The summed E-state index contributed by atoms with van der Waals surface area (Å²) in [6.07, 6.45) is 8.12. The van der Waals surface area contributed by atoms with Crippen LogP contribution < -0.4 is 0 Å². The van der Waals surface area contributed by atoms with Crippen LogP contribution in [-0.2, 0) is 0 Å². The van der Waals surface area contributed by atoms with Crippen LogP contribution >= 0.6 is 0 Å². The Morgan fingerprint density at radius 3 is 2.47 bits per heavy atom. The predicted octanol–water partition coefficient (Wildman–Crippen LogP) is 4.48. The van der Waals surface area contributed by atoms with E-state index in [2.05, 4.69) is 43.8 Å². The average Bonchev–Trinajstić information content (AvgIpc) is 2.29. The van der Waals surface area contributed by atoms with Gasteiger partial charge in [-0.3, -0.25) is 0 Å². The van der Waals surface area contributed by atoms with Crippen molar-refractivity contribution in [1.82, 2.24) is 0 Å². The van der Waals surface area contributed by atoms with E-state index >= 15 is 0 Å². The summed E-state index contributed by atoms with van der Waals surface area (Å²) in [5.41, 5.74) is 2.45. The maximum absolute atomic E-state index is 4.08. The summed E-state index contributed by atoms with van der Waals surface area (Å²) < 4.78 is 0. The van der Waals surface area contributed by atoms with Gasteiger partial charge in [-0.05, 0) is 18.1 Å². The lowest BCUT2D eigenvalue weighted by molar-refractivity contribution is 0.926. The van der Waals surface area contributed by atoms with E-state index in [1.165, 1.54) is 5.56 Å². The van der Waals surface area contributed by atoms with Crippen LogP contribution in [0.1, 0.15) is 25.3 Å². The zero-order chi connectivity index (χ0) is 11.1. The molecule has 0 nitrogen and oxygen atoms in total. The first-order valence-corrected chi connectivity index (χ1v) is 5.28. The van der Waals surface area contributed by atoms with E-state index in [1.54, 1.807) is 0 Å². The normalized spacial score (nSPS) is 13.5. The largest absolute Gasteiger partial charge is 0.0952 e. The lowest BCUT2D eigenvalue weighted by atomic mass is 9.94. The van der Waals surface area contributed by atoms with E-state index in [-0.39, 0.29) is 0 Å². The van der Waals surface area contributed by atoms with Gasteiger partial charge in [-0.2, -0.15) is 0 Å². The summed E-state index contributed by atoms with van der Waals surface area (Å²) in [7, 11) is 0. The Morgan fingerprint density at radius 2 is 1.87 bits per heavy atom. The van der Waals surface area contributed by atoms with Crippen LogP contribution in [0, 0.1) is 0 Å². The third kappa shape index (κ3) is 3.59. The van der Waals surface area contributed by atoms with Crippen molar-refractivity contribution in [3.8, 4) is 0 Å². The van der Waals surface area contributed by atoms with Crippen molar-refractivity contribution in [3.05, 3.63) is 72.4 Å². The zero-order valence-corrected chi connectivity index (χ0v) is 9.48. The minimum atomic E-state index is 0.382. The Labute approximate surface area is 92.6 Å². The van der Waals surface area contributed by atoms with Gasteiger partial charge in [-0.25, -0.2) is 0 Å². The maximum Gasteiger partial charge on any atom is 0.00551 e. The van der Waals surface area contributed by atoms with Gasteiger partial charge in [0.25, 0.3) is 0 Å². The van der Waals surface area contributed by atoms with Crippen LogP contribution in [0.2, 0.25) is 0 Å². The molecule has 0 unspecified atom stereocenters. The lowest BCUT2D eigenvalue weighted by Gasteiger charge is -2.11. The molecule has 0 aromatic heterocycles. The van der Waals surface area contributed by atoms with Gasteiger partial charge in [-0.15, -0.1) is 0 Å². The molecule has 0 N–H and O–H groups in total. The van der Waals surface area contributed by atoms with Crippen molar-refractivity contribution in [2.24, 2.45) is 0 Å². The molecule has 0 radical (unpaired) electrons.